The number of ketones is 1. The van der Waals surface area contributed by atoms with Crippen LogP contribution in [0.1, 0.15) is 65.6 Å². The topological polar surface area (TPSA) is 100.0 Å². The van der Waals surface area contributed by atoms with Gasteiger partial charge in [-0.05, 0) is 38.5 Å². The number of nitrogens with zero attached hydrogens (tertiary/aromatic N) is 4. The first-order valence-electron chi connectivity index (χ1n) is 10.7. The number of sulfone groups is 1. The minimum atomic E-state index is -3.00. The maximum absolute atomic E-state index is 13.1. The van der Waals surface area contributed by atoms with E-state index in [1.165, 1.54) is 11.8 Å². The van der Waals surface area contributed by atoms with Crippen LogP contribution in [-0.4, -0.2) is 50.8 Å². The largest absolute Gasteiger partial charge is 0.467 e. The Bertz CT molecular complexity index is 1220. The van der Waals surface area contributed by atoms with E-state index in [2.05, 4.69) is 24.0 Å². The van der Waals surface area contributed by atoms with Crippen LogP contribution in [0.25, 0.3) is 0 Å². The van der Waals surface area contributed by atoms with Gasteiger partial charge in [-0.2, -0.15) is 0 Å². The zero-order chi connectivity index (χ0) is 23.0. The van der Waals surface area contributed by atoms with Crippen LogP contribution >= 0.6 is 11.8 Å². The van der Waals surface area contributed by atoms with Crippen molar-refractivity contribution in [1.82, 2.24) is 19.3 Å². The fraction of sp³-hybridized carbons (Fsp3) is 0.500. The maximum Gasteiger partial charge on any atom is 0.192 e. The van der Waals surface area contributed by atoms with Crippen LogP contribution < -0.4 is 0 Å². The van der Waals surface area contributed by atoms with Crippen molar-refractivity contribution in [3.63, 3.8) is 0 Å². The third kappa shape index (κ3) is 4.56. The Morgan fingerprint density at radius 2 is 2.09 bits per heavy atom. The second-order valence-corrected chi connectivity index (χ2v) is 11.8. The number of Topliss-reactive ketones (excluding diaryl/α,β-unsaturated/α-hetero) is 1. The van der Waals surface area contributed by atoms with E-state index in [1.807, 2.05) is 41.2 Å². The predicted molar refractivity (Wildman–Crippen MR) is 123 cm³/mol. The van der Waals surface area contributed by atoms with Crippen molar-refractivity contribution in [3.8, 4) is 0 Å². The van der Waals surface area contributed by atoms with E-state index < -0.39 is 9.84 Å². The molecule has 1 aliphatic heterocycles. The summed E-state index contributed by atoms with van der Waals surface area (Å²) in [5.41, 5.74) is 2.39. The van der Waals surface area contributed by atoms with E-state index in [1.54, 1.807) is 6.26 Å². The Hall–Kier alpha value is -2.33. The fourth-order valence-corrected chi connectivity index (χ4v) is 6.88. The van der Waals surface area contributed by atoms with Gasteiger partial charge in [0.15, 0.2) is 20.8 Å². The number of rotatable bonds is 8. The van der Waals surface area contributed by atoms with Crippen LogP contribution in [0.2, 0.25) is 0 Å². The zero-order valence-corrected chi connectivity index (χ0v) is 20.4. The SMILES string of the molecule is Cc1cc(C(=O)CSc2nnc(C(C)C)n2Cc2ccco2)c(C)n1C1CCS(=O)(=O)C1. The number of furan rings is 1. The summed E-state index contributed by atoms with van der Waals surface area (Å²) in [5.74, 6) is 2.39. The molecule has 0 N–H and O–H groups in total. The Morgan fingerprint density at radius 1 is 1.31 bits per heavy atom. The van der Waals surface area contributed by atoms with Gasteiger partial charge in [0.05, 0.1) is 30.1 Å². The molecule has 4 heterocycles. The van der Waals surface area contributed by atoms with Gasteiger partial charge in [-0.15, -0.1) is 10.2 Å². The molecule has 1 saturated heterocycles. The number of thioether (sulfide) groups is 1. The molecule has 0 radical (unpaired) electrons. The second-order valence-electron chi connectivity index (χ2n) is 8.58. The van der Waals surface area contributed by atoms with Crippen molar-refractivity contribution < 1.29 is 17.6 Å². The number of hydrogen-bond donors (Lipinski definition) is 0. The third-order valence-electron chi connectivity index (χ3n) is 5.85. The van der Waals surface area contributed by atoms with Crippen LogP contribution in [-0.2, 0) is 16.4 Å². The molecule has 4 rings (SSSR count). The summed E-state index contributed by atoms with van der Waals surface area (Å²) in [6.45, 7) is 8.44. The molecule has 3 aromatic heterocycles. The van der Waals surface area contributed by atoms with Crippen LogP contribution in [0.15, 0.2) is 34.0 Å². The zero-order valence-electron chi connectivity index (χ0n) is 18.7. The summed E-state index contributed by atoms with van der Waals surface area (Å²) in [4.78, 5) is 13.1. The first kappa shape index (κ1) is 22.8. The van der Waals surface area contributed by atoms with Crippen molar-refractivity contribution in [2.75, 3.05) is 17.3 Å². The summed E-state index contributed by atoms with van der Waals surface area (Å²) < 4.78 is 33.3. The molecule has 0 amide bonds. The van der Waals surface area contributed by atoms with Crippen LogP contribution in [0, 0.1) is 13.8 Å². The number of aryl methyl sites for hydroxylation is 1. The summed E-state index contributed by atoms with van der Waals surface area (Å²) in [6.07, 6.45) is 2.23. The average Bonchev–Trinajstić information content (AvgIpc) is 3.49. The number of carbonyl (C=O) groups excluding carboxylic acids is 1. The Kier molecular flexibility index (Phi) is 6.35. The number of hydrogen-bond acceptors (Lipinski definition) is 7. The Labute approximate surface area is 192 Å². The molecule has 1 atom stereocenters. The summed E-state index contributed by atoms with van der Waals surface area (Å²) >= 11 is 1.36. The monoisotopic (exact) mass is 476 g/mol. The maximum atomic E-state index is 13.1. The van der Waals surface area contributed by atoms with Gasteiger partial charge in [-0.25, -0.2) is 8.42 Å². The van der Waals surface area contributed by atoms with Crippen molar-refractivity contribution in [3.05, 3.63) is 53.0 Å². The van der Waals surface area contributed by atoms with Crippen molar-refractivity contribution in [2.24, 2.45) is 0 Å². The third-order valence-corrected chi connectivity index (χ3v) is 8.56. The number of carbonyl (C=O) groups is 1. The van der Waals surface area contributed by atoms with Gasteiger partial charge in [-0.1, -0.05) is 25.6 Å². The van der Waals surface area contributed by atoms with Crippen molar-refractivity contribution >= 4 is 27.4 Å². The summed E-state index contributed by atoms with van der Waals surface area (Å²) in [6, 6.07) is 5.52. The van der Waals surface area contributed by atoms with Gasteiger partial charge < -0.3 is 8.98 Å². The molecular formula is C22H28N4O4S2. The van der Waals surface area contributed by atoms with Crippen LogP contribution in [0.4, 0.5) is 0 Å². The molecule has 0 aromatic carbocycles. The number of aromatic nitrogens is 4. The van der Waals surface area contributed by atoms with Crippen LogP contribution in [0.5, 0.6) is 0 Å². The van der Waals surface area contributed by atoms with Crippen LogP contribution in [0.3, 0.4) is 0 Å². The van der Waals surface area contributed by atoms with Gasteiger partial charge in [0.25, 0.3) is 0 Å². The smallest absolute Gasteiger partial charge is 0.192 e. The molecule has 0 bridgehead atoms. The molecule has 1 fully saturated rings. The van der Waals surface area contributed by atoms with E-state index in [0.29, 0.717) is 23.7 Å². The standard InChI is InChI=1S/C22H28N4O4S2/c1-14(2)21-23-24-22(25(21)11-18-6-5-8-30-18)31-12-20(27)19-10-15(3)26(16(19)4)17-7-9-32(28,29)13-17/h5-6,8,10,14,17H,7,9,11-13H2,1-4H3. The average molecular weight is 477 g/mol. The first-order valence-corrected chi connectivity index (χ1v) is 13.5. The Balaban J connectivity index is 1.52. The first-order chi connectivity index (χ1) is 15.2. The van der Waals surface area contributed by atoms with Gasteiger partial charge in [0.2, 0.25) is 0 Å². The van der Waals surface area contributed by atoms with E-state index in [9.17, 15) is 13.2 Å². The van der Waals surface area contributed by atoms with E-state index in [4.69, 9.17) is 4.42 Å². The van der Waals surface area contributed by atoms with Crippen molar-refractivity contribution in [1.29, 1.82) is 0 Å². The van der Waals surface area contributed by atoms with E-state index >= 15 is 0 Å². The van der Waals surface area contributed by atoms with E-state index in [-0.39, 0.29) is 35.0 Å². The van der Waals surface area contributed by atoms with Gasteiger partial charge in [-0.3, -0.25) is 9.36 Å². The molecule has 0 spiro atoms. The lowest BCUT2D eigenvalue weighted by Gasteiger charge is -2.16. The van der Waals surface area contributed by atoms with Gasteiger partial charge in [0, 0.05) is 28.9 Å². The lowest BCUT2D eigenvalue weighted by atomic mass is 10.2. The molecule has 32 heavy (non-hydrogen) atoms. The fourth-order valence-electron chi connectivity index (χ4n) is 4.35. The Morgan fingerprint density at radius 3 is 2.72 bits per heavy atom. The highest BCUT2D eigenvalue weighted by Crippen LogP contribution is 2.30. The molecule has 0 aliphatic carbocycles. The van der Waals surface area contributed by atoms with Crippen molar-refractivity contribution in [2.45, 2.75) is 57.8 Å². The highest BCUT2D eigenvalue weighted by molar-refractivity contribution is 7.99. The summed E-state index contributed by atoms with van der Waals surface area (Å²) in [7, 11) is -3.00. The molecule has 0 saturated carbocycles. The highest BCUT2D eigenvalue weighted by atomic mass is 32.2. The molecule has 1 unspecified atom stereocenters. The predicted octanol–water partition coefficient (Wildman–Crippen LogP) is 3.80. The molecule has 3 aromatic rings. The lowest BCUT2D eigenvalue weighted by Crippen LogP contribution is -2.14. The minimum Gasteiger partial charge on any atom is -0.467 e. The summed E-state index contributed by atoms with van der Waals surface area (Å²) in [5, 5.41) is 9.32. The molecule has 172 valence electrons. The molecule has 8 nitrogen and oxygen atoms in total. The second kappa shape index (κ2) is 8.90. The minimum absolute atomic E-state index is 0.00569. The van der Waals surface area contributed by atoms with Gasteiger partial charge in [0.1, 0.15) is 11.6 Å². The van der Waals surface area contributed by atoms with Gasteiger partial charge >= 0.3 is 0 Å². The van der Waals surface area contributed by atoms with E-state index in [0.717, 1.165) is 23.0 Å². The quantitative estimate of drug-likeness (QED) is 0.360. The molecule has 1 aliphatic rings. The molecule has 10 heteroatoms. The highest BCUT2D eigenvalue weighted by Gasteiger charge is 2.31. The lowest BCUT2D eigenvalue weighted by molar-refractivity contribution is 0.102. The molecular weight excluding hydrogens is 448 g/mol. The normalized spacial score (nSPS) is 18.0.